The van der Waals surface area contributed by atoms with E-state index in [2.05, 4.69) is 25.2 Å². The van der Waals surface area contributed by atoms with Crippen molar-refractivity contribution in [2.45, 2.75) is 0 Å². The molecule has 8 heteroatoms. The van der Waals surface area contributed by atoms with Crippen LogP contribution in [0.5, 0.6) is 0 Å². The molecule has 2 aromatic rings. The molecule has 0 radical (unpaired) electrons. The van der Waals surface area contributed by atoms with Crippen LogP contribution >= 0.6 is 23.3 Å². The van der Waals surface area contributed by atoms with Gasteiger partial charge in [-0.1, -0.05) is 16.3 Å². The standard InChI is InChI=1S/C10H9N5OS2/c16-9(13-10-11-3-4-17-10)12-6-1-2-8-7(5-6)14-15-18-8/h1-2,5H,3-4H2,(H2,11,12,13,16). The minimum absolute atomic E-state index is 0.286. The number of aliphatic imine (C=N–C) groups is 1. The van der Waals surface area contributed by atoms with Crippen molar-refractivity contribution in [3.63, 3.8) is 0 Å². The Kier molecular flexibility index (Phi) is 3.11. The van der Waals surface area contributed by atoms with Crippen molar-refractivity contribution in [1.29, 1.82) is 0 Å². The van der Waals surface area contributed by atoms with E-state index in [9.17, 15) is 4.79 Å². The van der Waals surface area contributed by atoms with Gasteiger partial charge in [-0.05, 0) is 29.7 Å². The zero-order valence-electron chi connectivity index (χ0n) is 9.21. The smallest absolute Gasteiger partial charge is 0.308 e. The van der Waals surface area contributed by atoms with Gasteiger partial charge >= 0.3 is 6.03 Å². The minimum Gasteiger partial charge on any atom is -0.308 e. The number of fused-ring (bicyclic) bond motifs is 1. The molecule has 0 bridgehead atoms. The van der Waals surface area contributed by atoms with Gasteiger partial charge in [0, 0.05) is 11.4 Å². The largest absolute Gasteiger partial charge is 0.325 e. The first-order chi connectivity index (χ1) is 8.81. The molecule has 0 unspecified atom stereocenters. The predicted octanol–water partition coefficient (Wildman–Crippen LogP) is 1.92. The Bertz CT molecular complexity index is 624. The number of amidine groups is 1. The molecule has 0 saturated carbocycles. The van der Waals surface area contributed by atoms with E-state index in [1.165, 1.54) is 11.5 Å². The summed E-state index contributed by atoms with van der Waals surface area (Å²) in [6, 6.07) is 5.22. The molecule has 0 atom stereocenters. The monoisotopic (exact) mass is 279 g/mol. The van der Waals surface area contributed by atoms with E-state index < -0.39 is 0 Å². The van der Waals surface area contributed by atoms with E-state index in [1.807, 2.05) is 12.1 Å². The van der Waals surface area contributed by atoms with Crippen LogP contribution in [0.25, 0.3) is 10.2 Å². The van der Waals surface area contributed by atoms with Gasteiger partial charge in [0.25, 0.3) is 0 Å². The second-order valence-electron chi connectivity index (χ2n) is 3.57. The number of nitrogens with zero attached hydrogens (tertiary/aromatic N) is 3. The third-order valence-electron chi connectivity index (χ3n) is 2.31. The van der Waals surface area contributed by atoms with Gasteiger partial charge in [0.15, 0.2) is 5.17 Å². The van der Waals surface area contributed by atoms with Gasteiger partial charge in [0.2, 0.25) is 0 Å². The maximum absolute atomic E-state index is 11.7. The summed E-state index contributed by atoms with van der Waals surface area (Å²) >= 11 is 2.87. The number of carbonyl (C=O) groups is 1. The molecule has 18 heavy (non-hydrogen) atoms. The van der Waals surface area contributed by atoms with Crippen LogP contribution in [0.1, 0.15) is 0 Å². The summed E-state index contributed by atoms with van der Waals surface area (Å²) in [7, 11) is 0. The van der Waals surface area contributed by atoms with E-state index in [-0.39, 0.29) is 6.03 Å². The van der Waals surface area contributed by atoms with E-state index in [4.69, 9.17) is 0 Å². The van der Waals surface area contributed by atoms with Gasteiger partial charge in [0.1, 0.15) is 5.52 Å². The number of anilines is 1. The number of nitrogens with one attached hydrogen (secondary N) is 2. The number of benzene rings is 1. The molecular formula is C10H9N5OS2. The SMILES string of the molecule is O=C(NC1=NCCS1)Nc1ccc2snnc2c1. The van der Waals surface area contributed by atoms with Crippen LogP contribution in [-0.4, -0.2) is 33.1 Å². The molecule has 0 saturated heterocycles. The first-order valence-electron chi connectivity index (χ1n) is 5.29. The Hall–Kier alpha value is -1.67. The summed E-state index contributed by atoms with van der Waals surface area (Å²) in [6.07, 6.45) is 0. The van der Waals surface area contributed by atoms with Crippen molar-refractivity contribution in [2.24, 2.45) is 4.99 Å². The van der Waals surface area contributed by atoms with Crippen molar-refractivity contribution >= 4 is 50.4 Å². The van der Waals surface area contributed by atoms with Crippen molar-refractivity contribution in [3.05, 3.63) is 18.2 Å². The summed E-state index contributed by atoms with van der Waals surface area (Å²) in [6.45, 7) is 0.761. The Morgan fingerprint density at radius 1 is 1.33 bits per heavy atom. The molecule has 2 N–H and O–H groups in total. The molecule has 2 amide bonds. The lowest BCUT2D eigenvalue weighted by Gasteiger charge is -2.06. The average molecular weight is 279 g/mol. The van der Waals surface area contributed by atoms with Crippen molar-refractivity contribution in [3.8, 4) is 0 Å². The molecule has 2 heterocycles. The van der Waals surface area contributed by atoms with Crippen LogP contribution in [0.4, 0.5) is 10.5 Å². The predicted molar refractivity (Wildman–Crippen MR) is 74.3 cm³/mol. The van der Waals surface area contributed by atoms with Gasteiger partial charge in [-0.25, -0.2) is 4.79 Å². The molecule has 1 aromatic heterocycles. The van der Waals surface area contributed by atoms with E-state index in [0.717, 1.165) is 22.5 Å². The van der Waals surface area contributed by atoms with Gasteiger partial charge in [0.05, 0.1) is 11.2 Å². The number of urea groups is 1. The quantitative estimate of drug-likeness (QED) is 0.835. The van der Waals surface area contributed by atoms with Crippen LogP contribution in [0.3, 0.4) is 0 Å². The summed E-state index contributed by atoms with van der Waals surface area (Å²) in [5.41, 5.74) is 1.47. The summed E-state index contributed by atoms with van der Waals surface area (Å²) in [4.78, 5) is 15.8. The number of rotatable bonds is 1. The number of thioether (sulfide) groups is 1. The van der Waals surface area contributed by atoms with Gasteiger partial charge in [-0.15, -0.1) is 5.10 Å². The molecule has 92 valence electrons. The van der Waals surface area contributed by atoms with Crippen molar-refractivity contribution in [1.82, 2.24) is 14.9 Å². The molecule has 1 aliphatic rings. The highest BCUT2D eigenvalue weighted by Crippen LogP contribution is 2.19. The van der Waals surface area contributed by atoms with Crippen molar-refractivity contribution < 1.29 is 4.79 Å². The minimum atomic E-state index is -0.286. The van der Waals surface area contributed by atoms with Crippen LogP contribution in [0, 0.1) is 0 Å². The van der Waals surface area contributed by atoms with Crippen molar-refractivity contribution in [2.75, 3.05) is 17.6 Å². The number of aromatic nitrogens is 2. The lowest BCUT2D eigenvalue weighted by Crippen LogP contribution is -2.31. The number of carbonyl (C=O) groups excluding carboxylic acids is 1. The molecule has 0 aliphatic carbocycles. The van der Waals surface area contributed by atoms with E-state index in [1.54, 1.807) is 17.8 Å². The van der Waals surface area contributed by atoms with Crippen LogP contribution in [0.2, 0.25) is 0 Å². The van der Waals surface area contributed by atoms with E-state index >= 15 is 0 Å². The fourth-order valence-corrected chi connectivity index (χ4v) is 2.79. The summed E-state index contributed by atoms with van der Waals surface area (Å²) in [5.74, 6) is 0.923. The summed E-state index contributed by atoms with van der Waals surface area (Å²) < 4.78 is 4.84. The average Bonchev–Trinajstić information content (AvgIpc) is 2.98. The number of amides is 2. The molecule has 6 nitrogen and oxygen atoms in total. The topological polar surface area (TPSA) is 79.3 Å². The molecular weight excluding hydrogens is 270 g/mol. The highest BCUT2D eigenvalue weighted by atomic mass is 32.2. The third kappa shape index (κ3) is 2.44. The lowest BCUT2D eigenvalue weighted by molar-refractivity contribution is 0.256. The fourth-order valence-electron chi connectivity index (χ4n) is 1.53. The first-order valence-corrected chi connectivity index (χ1v) is 7.04. The fraction of sp³-hybridized carbons (Fsp3) is 0.200. The number of hydrogen-bond donors (Lipinski definition) is 2. The normalized spacial score (nSPS) is 14.6. The maximum atomic E-state index is 11.7. The molecule has 1 aromatic carbocycles. The van der Waals surface area contributed by atoms with Crippen LogP contribution in [-0.2, 0) is 0 Å². The Morgan fingerprint density at radius 2 is 2.28 bits per heavy atom. The zero-order chi connectivity index (χ0) is 12.4. The Balaban J connectivity index is 1.69. The summed E-state index contributed by atoms with van der Waals surface area (Å²) in [5, 5.41) is 10.1. The highest BCUT2D eigenvalue weighted by Gasteiger charge is 2.11. The lowest BCUT2D eigenvalue weighted by atomic mass is 10.3. The molecule has 3 rings (SSSR count). The first kappa shape index (κ1) is 11.4. The van der Waals surface area contributed by atoms with Crippen LogP contribution in [0.15, 0.2) is 23.2 Å². The number of hydrogen-bond acceptors (Lipinski definition) is 6. The Morgan fingerprint density at radius 3 is 3.11 bits per heavy atom. The van der Waals surface area contributed by atoms with Gasteiger partial charge in [-0.3, -0.25) is 10.3 Å². The molecule has 1 aliphatic heterocycles. The zero-order valence-corrected chi connectivity index (χ0v) is 10.8. The second-order valence-corrected chi connectivity index (χ2v) is 5.44. The highest BCUT2D eigenvalue weighted by molar-refractivity contribution is 8.14. The molecule has 0 spiro atoms. The second kappa shape index (κ2) is 4.91. The Labute approximate surface area is 111 Å². The maximum Gasteiger partial charge on any atom is 0.325 e. The van der Waals surface area contributed by atoms with E-state index in [0.29, 0.717) is 10.9 Å². The molecule has 0 fully saturated rings. The van der Waals surface area contributed by atoms with Gasteiger partial charge < -0.3 is 5.32 Å². The van der Waals surface area contributed by atoms with Crippen LogP contribution < -0.4 is 10.6 Å². The third-order valence-corrected chi connectivity index (χ3v) is 3.91. The van der Waals surface area contributed by atoms with Gasteiger partial charge in [-0.2, -0.15) is 0 Å².